The first kappa shape index (κ1) is 17.0. The standard InChI is InChI=1S/C17H29NO2/c1-12(2)14(5)19-11-17(18-6)15-7-9-16(10-8-15)20-13(3)4/h7-10,12-14,17-18H,11H2,1-6H3. The minimum absolute atomic E-state index is 0.205. The summed E-state index contributed by atoms with van der Waals surface area (Å²) in [7, 11) is 1.96. The van der Waals surface area contributed by atoms with E-state index in [4.69, 9.17) is 9.47 Å². The van der Waals surface area contributed by atoms with Gasteiger partial charge in [0.05, 0.1) is 24.9 Å². The van der Waals surface area contributed by atoms with Crippen LogP contribution in [0.15, 0.2) is 24.3 Å². The van der Waals surface area contributed by atoms with Crippen LogP contribution in [0.25, 0.3) is 0 Å². The minimum atomic E-state index is 0.205. The smallest absolute Gasteiger partial charge is 0.119 e. The summed E-state index contributed by atoms with van der Waals surface area (Å²) in [6, 6.07) is 8.45. The summed E-state index contributed by atoms with van der Waals surface area (Å²) in [6.07, 6.45) is 0.477. The molecule has 3 heteroatoms. The lowest BCUT2D eigenvalue weighted by Gasteiger charge is -2.22. The lowest BCUT2D eigenvalue weighted by Crippen LogP contribution is -2.26. The van der Waals surface area contributed by atoms with Gasteiger partial charge in [-0.25, -0.2) is 0 Å². The Hall–Kier alpha value is -1.06. The molecule has 0 saturated carbocycles. The summed E-state index contributed by atoms with van der Waals surface area (Å²) in [5, 5.41) is 3.31. The number of ether oxygens (including phenoxy) is 2. The highest BCUT2D eigenvalue weighted by Gasteiger charge is 2.13. The number of benzene rings is 1. The second kappa shape index (κ2) is 8.28. The van der Waals surface area contributed by atoms with Gasteiger partial charge in [0.25, 0.3) is 0 Å². The molecule has 2 unspecified atom stereocenters. The lowest BCUT2D eigenvalue weighted by atomic mass is 10.1. The SMILES string of the molecule is CNC(COC(C)C(C)C)c1ccc(OC(C)C)cc1. The van der Waals surface area contributed by atoms with Gasteiger partial charge in [0.2, 0.25) is 0 Å². The predicted octanol–water partition coefficient (Wildman–Crippen LogP) is 3.80. The average Bonchev–Trinajstić information content (AvgIpc) is 2.40. The van der Waals surface area contributed by atoms with Crippen LogP contribution < -0.4 is 10.1 Å². The molecule has 1 rings (SSSR count). The molecule has 0 saturated heterocycles. The van der Waals surface area contributed by atoms with Gasteiger partial charge in [0.1, 0.15) is 5.75 Å². The van der Waals surface area contributed by atoms with Crippen molar-refractivity contribution in [3.05, 3.63) is 29.8 Å². The molecule has 0 aliphatic heterocycles. The van der Waals surface area contributed by atoms with Crippen LogP contribution in [-0.2, 0) is 4.74 Å². The molecule has 114 valence electrons. The van der Waals surface area contributed by atoms with Gasteiger partial charge in [-0.2, -0.15) is 0 Å². The van der Waals surface area contributed by atoms with E-state index in [0.717, 1.165) is 5.75 Å². The van der Waals surface area contributed by atoms with Crippen molar-refractivity contribution in [2.75, 3.05) is 13.7 Å². The highest BCUT2D eigenvalue weighted by Crippen LogP contribution is 2.20. The highest BCUT2D eigenvalue weighted by atomic mass is 16.5. The van der Waals surface area contributed by atoms with Crippen LogP contribution in [0.4, 0.5) is 0 Å². The third-order valence-electron chi connectivity index (χ3n) is 3.47. The molecule has 0 aliphatic rings. The molecular formula is C17H29NO2. The number of hydrogen-bond acceptors (Lipinski definition) is 3. The summed E-state index contributed by atoms with van der Waals surface area (Å²) >= 11 is 0. The monoisotopic (exact) mass is 279 g/mol. The Morgan fingerprint density at radius 1 is 1.00 bits per heavy atom. The maximum Gasteiger partial charge on any atom is 0.119 e. The van der Waals surface area contributed by atoms with E-state index in [-0.39, 0.29) is 18.2 Å². The highest BCUT2D eigenvalue weighted by molar-refractivity contribution is 5.29. The zero-order chi connectivity index (χ0) is 15.1. The third-order valence-corrected chi connectivity index (χ3v) is 3.47. The first-order chi connectivity index (χ1) is 9.43. The van der Waals surface area contributed by atoms with E-state index in [0.29, 0.717) is 12.5 Å². The summed E-state index contributed by atoms with van der Waals surface area (Å²) in [5.74, 6) is 1.45. The molecule has 0 heterocycles. The van der Waals surface area contributed by atoms with Crippen molar-refractivity contribution in [2.24, 2.45) is 5.92 Å². The van der Waals surface area contributed by atoms with Gasteiger partial charge in [-0.05, 0) is 51.4 Å². The molecule has 0 bridgehead atoms. The van der Waals surface area contributed by atoms with Gasteiger partial charge in [-0.3, -0.25) is 0 Å². The topological polar surface area (TPSA) is 30.5 Å². The molecule has 1 N–H and O–H groups in total. The fraction of sp³-hybridized carbons (Fsp3) is 0.647. The van der Waals surface area contributed by atoms with Crippen LogP contribution in [0.2, 0.25) is 0 Å². The van der Waals surface area contributed by atoms with Crippen molar-refractivity contribution in [1.29, 1.82) is 0 Å². The fourth-order valence-corrected chi connectivity index (χ4v) is 1.84. The molecule has 0 radical (unpaired) electrons. The van der Waals surface area contributed by atoms with Crippen molar-refractivity contribution in [1.82, 2.24) is 5.32 Å². The molecule has 2 atom stereocenters. The second-order valence-electron chi connectivity index (χ2n) is 5.86. The second-order valence-corrected chi connectivity index (χ2v) is 5.86. The normalized spacial score (nSPS) is 14.6. The Morgan fingerprint density at radius 2 is 1.60 bits per heavy atom. The molecule has 1 aromatic carbocycles. The van der Waals surface area contributed by atoms with Crippen molar-refractivity contribution >= 4 is 0 Å². The van der Waals surface area contributed by atoms with E-state index in [1.807, 2.05) is 33.0 Å². The van der Waals surface area contributed by atoms with Crippen molar-refractivity contribution in [3.8, 4) is 5.75 Å². The number of rotatable bonds is 8. The van der Waals surface area contributed by atoms with Crippen LogP contribution >= 0.6 is 0 Å². The lowest BCUT2D eigenvalue weighted by molar-refractivity contribution is 0.0229. The summed E-state index contributed by atoms with van der Waals surface area (Å²) in [4.78, 5) is 0. The van der Waals surface area contributed by atoms with Gasteiger partial charge < -0.3 is 14.8 Å². The molecule has 0 aliphatic carbocycles. The van der Waals surface area contributed by atoms with E-state index in [1.165, 1.54) is 5.56 Å². The largest absolute Gasteiger partial charge is 0.491 e. The van der Waals surface area contributed by atoms with Gasteiger partial charge in [0.15, 0.2) is 0 Å². The number of likely N-dealkylation sites (N-methyl/N-ethyl adjacent to an activating group) is 1. The summed E-state index contributed by atoms with van der Waals surface area (Å²) in [5.41, 5.74) is 1.22. The van der Waals surface area contributed by atoms with Gasteiger partial charge >= 0.3 is 0 Å². The first-order valence-electron chi connectivity index (χ1n) is 7.49. The molecule has 0 amide bonds. The number of hydrogen-bond donors (Lipinski definition) is 1. The average molecular weight is 279 g/mol. The Morgan fingerprint density at radius 3 is 2.05 bits per heavy atom. The van der Waals surface area contributed by atoms with Crippen LogP contribution in [0.3, 0.4) is 0 Å². The number of nitrogens with one attached hydrogen (secondary N) is 1. The quantitative estimate of drug-likeness (QED) is 0.785. The van der Waals surface area contributed by atoms with Crippen LogP contribution in [0, 0.1) is 5.92 Å². The van der Waals surface area contributed by atoms with Crippen LogP contribution in [0.1, 0.15) is 46.2 Å². The van der Waals surface area contributed by atoms with E-state index in [2.05, 4.69) is 38.2 Å². The molecule has 0 spiro atoms. The molecule has 0 aromatic heterocycles. The minimum Gasteiger partial charge on any atom is -0.491 e. The van der Waals surface area contributed by atoms with Crippen molar-refractivity contribution in [3.63, 3.8) is 0 Å². The van der Waals surface area contributed by atoms with Crippen molar-refractivity contribution in [2.45, 2.75) is 52.9 Å². The molecule has 3 nitrogen and oxygen atoms in total. The van der Waals surface area contributed by atoms with Gasteiger partial charge in [-0.1, -0.05) is 26.0 Å². The fourth-order valence-electron chi connectivity index (χ4n) is 1.84. The Balaban J connectivity index is 2.61. The van der Waals surface area contributed by atoms with Gasteiger partial charge in [-0.15, -0.1) is 0 Å². The third kappa shape index (κ3) is 5.51. The van der Waals surface area contributed by atoms with Gasteiger partial charge in [0, 0.05) is 0 Å². The first-order valence-corrected chi connectivity index (χ1v) is 7.49. The Kier molecular flexibility index (Phi) is 7.03. The molecular weight excluding hydrogens is 250 g/mol. The zero-order valence-corrected chi connectivity index (χ0v) is 13.6. The Bertz CT molecular complexity index is 373. The Labute approximate surface area is 123 Å². The molecule has 0 fully saturated rings. The van der Waals surface area contributed by atoms with Crippen LogP contribution in [-0.4, -0.2) is 25.9 Å². The zero-order valence-electron chi connectivity index (χ0n) is 13.6. The van der Waals surface area contributed by atoms with E-state index in [1.54, 1.807) is 0 Å². The molecule has 1 aromatic rings. The maximum atomic E-state index is 5.91. The van der Waals surface area contributed by atoms with E-state index >= 15 is 0 Å². The van der Waals surface area contributed by atoms with E-state index in [9.17, 15) is 0 Å². The summed E-state index contributed by atoms with van der Waals surface area (Å²) < 4.78 is 11.6. The van der Waals surface area contributed by atoms with Crippen LogP contribution in [0.5, 0.6) is 5.75 Å². The van der Waals surface area contributed by atoms with E-state index < -0.39 is 0 Å². The maximum absolute atomic E-state index is 5.91. The molecule has 20 heavy (non-hydrogen) atoms. The predicted molar refractivity (Wildman–Crippen MR) is 84.3 cm³/mol. The van der Waals surface area contributed by atoms with Crippen molar-refractivity contribution < 1.29 is 9.47 Å². The summed E-state index contributed by atoms with van der Waals surface area (Å²) in [6.45, 7) is 11.2.